The van der Waals surface area contributed by atoms with Crippen LogP contribution in [0.3, 0.4) is 0 Å². The molecule has 2 rings (SSSR count). The second kappa shape index (κ2) is 5.29. The Balaban J connectivity index is 1.96. The van der Waals surface area contributed by atoms with Crippen molar-refractivity contribution < 1.29 is 9.59 Å². The summed E-state index contributed by atoms with van der Waals surface area (Å²) in [6.07, 6.45) is 1.15. The molecule has 96 valence electrons. The predicted octanol–water partition coefficient (Wildman–Crippen LogP) is 0.865. The lowest BCUT2D eigenvalue weighted by molar-refractivity contribution is -0.140. The quantitative estimate of drug-likeness (QED) is 0.757. The minimum absolute atomic E-state index is 0.0158. The monoisotopic (exact) mass is 256 g/mol. The van der Waals surface area contributed by atoms with Crippen LogP contribution in [0.1, 0.15) is 26.7 Å². The molecule has 3 unspecified atom stereocenters. The maximum atomic E-state index is 12.3. The van der Waals surface area contributed by atoms with Gasteiger partial charge in [-0.3, -0.25) is 9.59 Å². The van der Waals surface area contributed by atoms with Crippen molar-refractivity contribution in [3.8, 4) is 0 Å². The Morgan fingerprint density at radius 1 is 1.35 bits per heavy atom. The standard InChI is InChI=1S/C12H20N2O2S/c1-8-6-14(7-9(2)17-8)12(16)10-3-4-13-11(15)5-10/h8-10H,3-7H2,1-2H3,(H,13,15). The highest BCUT2D eigenvalue weighted by Crippen LogP contribution is 2.27. The number of thioether (sulfide) groups is 1. The van der Waals surface area contributed by atoms with E-state index in [-0.39, 0.29) is 17.7 Å². The molecular weight excluding hydrogens is 236 g/mol. The van der Waals surface area contributed by atoms with Gasteiger partial charge in [0.15, 0.2) is 0 Å². The summed E-state index contributed by atoms with van der Waals surface area (Å²) in [5.41, 5.74) is 0. The summed E-state index contributed by atoms with van der Waals surface area (Å²) in [6, 6.07) is 0. The summed E-state index contributed by atoms with van der Waals surface area (Å²) >= 11 is 1.94. The molecule has 2 heterocycles. The smallest absolute Gasteiger partial charge is 0.226 e. The van der Waals surface area contributed by atoms with Crippen LogP contribution >= 0.6 is 11.8 Å². The first-order valence-electron chi connectivity index (χ1n) is 6.27. The van der Waals surface area contributed by atoms with E-state index in [1.807, 2.05) is 16.7 Å². The Morgan fingerprint density at radius 2 is 2.00 bits per heavy atom. The van der Waals surface area contributed by atoms with Gasteiger partial charge in [0.25, 0.3) is 0 Å². The van der Waals surface area contributed by atoms with Crippen LogP contribution in [0.25, 0.3) is 0 Å². The van der Waals surface area contributed by atoms with Crippen LogP contribution in [0.2, 0.25) is 0 Å². The average molecular weight is 256 g/mol. The molecule has 0 aliphatic carbocycles. The van der Waals surface area contributed by atoms with Crippen LogP contribution < -0.4 is 5.32 Å². The highest BCUT2D eigenvalue weighted by Gasteiger charge is 2.32. The molecular formula is C12H20N2O2S. The number of hydrogen-bond acceptors (Lipinski definition) is 3. The Bertz CT molecular complexity index is 312. The van der Waals surface area contributed by atoms with Crippen molar-refractivity contribution in [2.75, 3.05) is 19.6 Å². The predicted molar refractivity (Wildman–Crippen MR) is 68.8 cm³/mol. The first-order valence-corrected chi connectivity index (χ1v) is 7.21. The fourth-order valence-electron chi connectivity index (χ4n) is 2.61. The maximum Gasteiger partial charge on any atom is 0.226 e. The van der Waals surface area contributed by atoms with Crippen molar-refractivity contribution in [3.63, 3.8) is 0 Å². The molecule has 0 bridgehead atoms. The average Bonchev–Trinajstić information content (AvgIpc) is 2.26. The summed E-state index contributed by atoms with van der Waals surface area (Å²) in [5.74, 6) is 0.104. The Kier molecular flexibility index (Phi) is 3.97. The van der Waals surface area contributed by atoms with Gasteiger partial charge < -0.3 is 10.2 Å². The maximum absolute atomic E-state index is 12.3. The number of carbonyl (C=O) groups is 2. The van der Waals surface area contributed by atoms with E-state index >= 15 is 0 Å². The summed E-state index contributed by atoms with van der Waals surface area (Å²) in [4.78, 5) is 25.6. The van der Waals surface area contributed by atoms with E-state index < -0.39 is 0 Å². The summed E-state index contributed by atoms with van der Waals surface area (Å²) in [5, 5.41) is 3.77. The summed E-state index contributed by atoms with van der Waals surface area (Å²) < 4.78 is 0. The third-order valence-electron chi connectivity index (χ3n) is 3.33. The molecule has 1 N–H and O–H groups in total. The number of carbonyl (C=O) groups excluding carboxylic acids is 2. The molecule has 5 heteroatoms. The second-order valence-electron chi connectivity index (χ2n) is 5.04. The van der Waals surface area contributed by atoms with Gasteiger partial charge >= 0.3 is 0 Å². The zero-order valence-corrected chi connectivity index (χ0v) is 11.3. The molecule has 2 saturated heterocycles. The molecule has 0 aromatic carbocycles. The summed E-state index contributed by atoms with van der Waals surface area (Å²) in [6.45, 7) is 6.61. The van der Waals surface area contributed by atoms with Gasteiger partial charge in [-0.2, -0.15) is 11.8 Å². The van der Waals surface area contributed by atoms with Crippen molar-refractivity contribution in [2.45, 2.75) is 37.2 Å². The molecule has 0 aromatic heterocycles. The molecule has 17 heavy (non-hydrogen) atoms. The van der Waals surface area contributed by atoms with Gasteiger partial charge in [-0.1, -0.05) is 13.8 Å². The zero-order chi connectivity index (χ0) is 12.4. The first-order chi connectivity index (χ1) is 8.06. The summed E-state index contributed by atoms with van der Waals surface area (Å²) in [7, 11) is 0. The number of nitrogens with zero attached hydrogens (tertiary/aromatic N) is 1. The van der Waals surface area contributed by atoms with Gasteiger partial charge in [0.1, 0.15) is 0 Å². The topological polar surface area (TPSA) is 49.4 Å². The van der Waals surface area contributed by atoms with Crippen LogP contribution in [0.4, 0.5) is 0 Å². The van der Waals surface area contributed by atoms with Gasteiger partial charge in [-0.25, -0.2) is 0 Å². The van der Waals surface area contributed by atoms with Crippen molar-refractivity contribution in [1.82, 2.24) is 10.2 Å². The van der Waals surface area contributed by atoms with E-state index in [9.17, 15) is 9.59 Å². The molecule has 2 aliphatic rings. The van der Waals surface area contributed by atoms with Crippen LogP contribution in [-0.4, -0.2) is 46.8 Å². The molecule has 2 aliphatic heterocycles. The van der Waals surface area contributed by atoms with Crippen LogP contribution in [0.5, 0.6) is 0 Å². The molecule has 0 aromatic rings. The van der Waals surface area contributed by atoms with Gasteiger partial charge in [-0.05, 0) is 6.42 Å². The number of hydrogen-bond donors (Lipinski definition) is 1. The fraction of sp³-hybridized carbons (Fsp3) is 0.833. The Hall–Kier alpha value is -0.710. The minimum atomic E-state index is -0.0914. The van der Waals surface area contributed by atoms with Gasteiger partial charge in [0, 0.05) is 42.5 Å². The fourth-order valence-corrected chi connectivity index (χ4v) is 3.94. The highest BCUT2D eigenvalue weighted by molar-refractivity contribution is 8.00. The lowest BCUT2D eigenvalue weighted by Crippen LogP contribution is -2.49. The van der Waals surface area contributed by atoms with E-state index in [0.717, 1.165) is 19.5 Å². The zero-order valence-electron chi connectivity index (χ0n) is 10.4. The molecule has 0 radical (unpaired) electrons. The first kappa shape index (κ1) is 12.7. The highest BCUT2D eigenvalue weighted by atomic mass is 32.2. The van der Waals surface area contributed by atoms with Crippen LogP contribution in [0.15, 0.2) is 0 Å². The van der Waals surface area contributed by atoms with Crippen molar-refractivity contribution >= 4 is 23.6 Å². The molecule has 0 spiro atoms. The van der Waals surface area contributed by atoms with E-state index in [4.69, 9.17) is 0 Å². The lowest BCUT2D eigenvalue weighted by atomic mass is 9.95. The third-order valence-corrected chi connectivity index (χ3v) is 4.55. The lowest BCUT2D eigenvalue weighted by Gasteiger charge is -2.37. The second-order valence-corrected chi connectivity index (χ2v) is 6.92. The van der Waals surface area contributed by atoms with E-state index in [1.54, 1.807) is 0 Å². The van der Waals surface area contributed by atoms with Crippen molar-refractivity contribution in [2.24, 2.45) is 5.92 Å². The van der Waals surface area contributed by atoms with Crippen LogP contribution in [-0.2, 0) is 9.59 Å². The van der Waals surface area contributed by atoms with Gasteiger partial charge in [-0.15, -0.1) is 0 Å². The van der Waals surface area contributed by atoms with E-state index in [1.165, 1.54) is 0 Å². The molecule has 0 saturated carbocycles. The molecule has 2 amide bonds. The molecule has 4 nitrogen and oxygen atoms in total. The minimum Gasteiger partial charge on any atom is -0.356 e. The van der Waals surface area contributed by atoms with Gasteiger partial charge in [0.2, 0.25) is 11.8 Å². The number of nitrogens with one attached hydrogen (secondary N) is 1. The van der Waals surface area contributed by atoms with Crippen LogP contribution in [0, 0.1) is 5.92 Å². The SMILES string of the molecule is CC1CN(C(=O)C2CCNC(=O)C2)CC(C)S1. The van der Waals surface area contributed by atoms with E-state index in [0.29, 0.717) is 23.5 Å². The normalized spacial score (nSPS) is 34.4. The number of rotatable bonds is 1. The Labute approximate surface area is 106 Å². The van der Waals surface area contributed by atoms with Gasteiger partial charge in [0.05, 0.1) is 0 Å². The molecule has 2 fully saturated rings. The third kappa shape index (κ3) is 3.15. The number of amides is 2. The van der Waals surface area contributed by atoms with Crippen molar-refractivity contribution in [1.29, 1.82) is 0 Å². The largest absolute Gasteiger partial charge is 0.356 e. The Morgan fingerprint density at radius 3 is 2.59 bits per heavy atom. The van der Waals surface area contributed by atoms with E-state index in [2.05, 4.69) is 19.2 Å². The van der Waals surface area contributed by atoms with Crippen molar-refractivity contribution in [3.05, 3.63) is 0 Å². The molecule has 3 atom stereocenters. The number of piperidine rings is 1.